The monoisotopic (exact) mass is 147 g/mol. The van der Waals surface area contributed by atoms with Crippen LogP contribution in [0.2, 0.25) is 0 Å². The Morgan fingerprint density at radius 2 is 1.50 bits per heavy atom. The van der Waals surface area contributed by atoms with Crippen molar-refractivity contribution < 1.29 is 0 Å². The fourth-order valence-electron chi connectivity index (χ4n) is 1.23. The highest BCUT2D eigenvalue weighted by molar-refractivity contribution is 7.36. The van der Waals surface area contributed by atoms with Gasteiger partial charge in [0.1, 0.15) is 0 Å². The first-order valence-electron chi connectivity index (χ1n) is 3.24. The van der Waals surface area contributed by atoms with Crippen LogP contribution in [0.15, 0.2) is 24.3 Å². The average molecular weight is 147 g/mol. The van der Waals surface area contributed by atoms with Gasteiger partial charge in [-0.25, -0.2) is 0 Å². The van der Waals surface area contributed by atoms with Crippen LogP contribution in [0.4, 0.5) is 0 Å². The molecule has 1 aliphatic heterocycles. The van der Waals surface area contributed by atoms with E-state index in [1.54, 1.807) is 11.1 Å². The fraction of sp³-hybridized carbons (Fsp3) is 0.250. The molecule has 1 aromatic rings. The van der Waals surface area contributed by atoms with E-state index < -0.39 is 0 Å². The molecule has 0 aliphatic carbocycles. The maximum Gasteiger partial charge on any atom is 0 e. The second-order valence-electron chi connectivity index (χ2n) is 2.37. The van der Waals surface area contributed by atoms with E-state index in [0.717, 1.165) is 8.58 Å². The van der Waals surface area contributed by atoms with Gasteiger partial charge in [0.2, 0.25) is 0 Å². The maximum atomic E-state index is 2.25. The van der Waals surface area contributed by atoms with E-state index >= 15 is 0 Å². The molecule has 0 N–H and O–H groups in total. The van der Waals surface area contributed by atoms with Crippen molar-refractivity contribution in [1.82, 2.24) is 0 Å². The van der Waals surface area contributed by atoms with E-state index in [0.29, 0.717) is 0 Å². The normalized spacial score (nSPS) is 14.0. The topological polar surface area (TPSA) is 0 Å². The molecule has 0 saturated heterocycles. The van der Waals surface area contributed by atoms with Gasteiger partial charge in [-0.15, -0.1) is 8.58 Å². The lowest BCUT2D eigenvalue weighted by atomic mass is 10.1. The van der Waals surface area contributed by atoms with Gasteiger partial charge in [0, 0.05) is 8.41 Å². The van der Waals surface area contributed by atoms with Crippen molar-refractivity contribution in [3.05, 3.63) is 35.4 Å². The summed E-state index contributed by atoms with van der Waals surface area (Å²) >= 11 is 0. The Morgan fingerprint density at radius 3 is 2.00 bits per heavy atom. The van der Waals surface area contributed by atoms with Gasteiger partial charge in [-0.2, -0.15) is 0 Å². The SMILES string of the molecule is [B].c1ccc2c(c1)CPC2. The van der Waals surface area contributed by atoms with Crippen LogP contribution in [0, 0.1) is 0 Å². The lowest BCUT2D eigenvalue weighted by molar-refractivity contribution is 1.35. The molecule has 0 aromatic heterocycles. The molecule has 0 unspecified atom stereocenters. The van der Waals surface area contributed by atoms with Gasteiger partial charge < -0.3 is 0 Å². The maximum absolute atomic E-state index is 2.25. The molecule has 49 valence electrons. The summed E-state index contributed by atoms with van der Waals surface area (Å²) in [4.78, 5) is 0. The molecule has 0 nitrogen and oxygen atoms in total. The zero-order valence-electron chi connectivity index (χ0n) is 5.80. The minimum Gasteiger partial charge on any atom is -0.113 e. The Bertz CT molecular complexity index is 199. The molecule has 2 rings (SSSR count). The van der Waals surface area contributed by atoms with E-state index in [-0.39, 0.29) is 8.41 Å². The molecule has 2 heteroatoms. The number of rotatable bonds is 0. The molecule has 0 spiro atoms. The Labute approximate surface area is 65.4 Å². The van der Waals surface area contributed by atoms with Crippen molar-refractivity contribution in [2.24, 2.45) is 0 Å². The van der Waals surface area contributed by atoms with Gasteiger partial charge in [0.25, 0.3) is 0 Å². The molecule has 0 saturated carbocycles. The second-order valence-corrected chi connectivity index (χ2v) is 3.58. The zero-order valence-corrected chi connectivity index (χ0v) is 6.80. The summed E-state index contributed by atoms with van der Waals surface area (Å²) in [6.45, 7) is 0. The summed E-state index contributed by atoms with van der Waals surface area (Å²) in [7, 11) is 1.15. The van der Waals surface area contributed by atoms with Crippen molar-refractivity contribution in [2.75, 3.05) is 0 Å². The average Bonchev–Trinajstić information content (AvgIpc) is 2.33. The van der Waals surface area contributed by atoms with Crippen molar-refractivity contribution in [2.45, 2.75) is 12.3 Å². The van der Waals surface area contributed by atoms with E-state index in [4.69, 9.17) is 0 Å². The molecular formula is C8H9BP. The van der Waals surface area contributed by atoms with Crippen LogP contribution < -0.4 is 0 Å². The van der Waals surface area contributed by atoms with Crippen LogP contribution in [0.25, 0.3) is 0 Å². The summed E-state index contributed by atoms with van der Waals surface area (Å²) in [5, 5.41) is 0. The highest BCUT2D eigenvalue weighted by atomic mass is 31.1. The van der Waals surface area contributed by atoms with Crippen LogP contribution in [0.5, 0.6) is 0 Å². The molecule has 3 radical (unpaired) electrons. The number of fused-ring (bicyclic) bond motifs is 1. The van der Waals surface area contributed by atoms with E-state index in [1.807, 2.05) is 0 Å². The predicted molar refractivity (Wildman–Crippen MR) is 47.9 cm³/mol. The van der Waals surface area contributed by atoms with Gasteiger partial charge in [0.15, 0.2) is 0 Å². The highest BCUT2D eigenvalue weighted by Gasteiger charge is 2.06. The Kier molecular flexibility index (Phi) is 2.51. The number of hydrogen-bond acceptors (Lipinski definition) is 0. The number of benzene rings is 1. The first-order valence-corrected chi connectivity index (χ1v) is 4.66. The largest absolute Gasteiger partial charge is 0.113 e. The van der Waals surface area contributed by atoms with E-state index in [1.165, 1.54) is 12.3 Å². The van der Waals surface area contributed by atoms with Gasteiger partial charge >= 0.3 is 0 Å². The summed E-state index contributed by atoms with van der Waals surface area (Å²) in [5.41, 5.74) is 3.16. The van der Waals surface area contributed by atoms with Crippen molar-refractivity contribution >= 4 is 17.0 Å². The third-order valence-electron chi connectivity index (χ3n) is 1.75. The molecule has 1 aliphatic rings. The molecule has 1 aromatic carbocycles. The van der Waals surface area contributed by atoms with Gasteiger partial charge in [-0.05, 0) is 23.5 Å². The first-order chi connectivity index (χ1) is 4.47. The second kappa shape index (κ2) is 3.21. The molecule has 0 bridgehead atoms. The van der Waals surface area contributed by atoms with Crippen LogP contribution in [-0.2, 0) is 12.3 Å². The van der Waals surface area contributed by atoms with Gasteiger partial charge in [-0.3, -0.25) is 0 Å². The standard InChI is InChI=1S/C8H9P.B/c1-2-4-8-6-9-5-7(8)3-1;/h1-4,9H,5-6H2;. The van der Waals surface area contributed by atoms with Crippen LogP contribution in [-0.4, -0.2) is 8.41 Å². The molecule has 0 atom stereocenters. The summed E-state index contributed by atoms with van der Waals surface area (Å²) < 4.78 is 0. The molecule has 0 fully saturated rings. The quantitative estimate of drug-likeness (QED) is 0.388. The first kappa shape index (κ1) is 7.82. The Balaban J connectivity index is 0.000000500. The molecular weight excluding hydrogens is 138 g/mol. The predicted octanol–water partition coefficient (Wildman–Crippen LogP) is 2.00. The Morgan fingerprint density at radius 1 is 1.00 bits per heavy atom. The third kappa shape index (κ3) is 1.25. The highest BCUT2D eigenvalue weighted by Crippen LogP contribution is 2.33. The molecule has 10 heavy (non-hydrogen) atoms. The molecule has 0 amide bonds. The number of hydrogen-bond donors (Lipinski definition) is 0. The lowest BCUT2D eigenvalue weighted by Gasteiger charge is -1.92. The zero-order chi connectivity index (χ0) is 6.10. The fourth-order valence-corrected chi connectivity index (χ4v) is 2.59. The van der Waals surface area contributed by atoms with Crippen molar-refractivity contribution in [1.29, 1.82) is 0 Å². The van der Waals surface area contributed by atoms with E-state index in [2.05, 4.69) is 24.3 Å². The third-order valence-corrected chi connectivity index (χ3v) is 3.01. The minimum absolute atomic E-state index is 0. The molecule has 1 heterocycles. The van der Waals surface area contributed by atoms with Crippen molar-refractivity contribution in [3.63, 3.8) is 0 Å². The summed E-state index contributed by atoms with van der Waals surface area (Å²) in [5.74, 6) is 0. The van der Waals surface area contributed by atoms with Crippen molar-refractivity contribution in [3.8, 4) is 0 Å². The van der Waals surface area contributed by atoms with Gasteiger partial charge in [-0.1, -0.05) is 24.3 Å². The van der Waals surface area contributed by atoms with Crippen LogP contribution in [0.1, 0.15) is 11.1 Å². The van der Waals surface area contributed by atoms with Crippen LogP contribution >= 0.6 is 8.58 Å². The minimum atomic E-state index is 0. The Hall–Kier alpha value is -0.285. The van der Waals surface area contributed by atoms with Crippen LogP contribution in [0.3, 0.4) is 0 Å². The lowest BCUT2D eigenvalue weighted by Crippen LogP contribution is -1.77. The summed E-state index contributed by atoms with van der Waals surface area (Å²) in [6.07, 6.45) is 2.66. The van der Waals surface area contributed by atoms with Gasteiger partial charge in [0.05, 0.1) is 0 Å². The summed E-state index contributed by atoms with van der Waals surface area (Å²) in [6, 6.07) is 8.76. The van der Waals surface area contributed by atoms with E-state index in [9.17, 15) is 0 Å². The smallest absolute Gasteiger partial charge is 0 e.